The minimum atomic E-state index is -0.380. The maximum absolute atomic E-state index is 12.7. The molecule has 0 N–H and O–H groups in total. The number of hydrogen-bond acceptors (Lipinski definition) is 5. The third-order valence-electron chi connectivity index (χ3n) is 3.67. The number of methoxy groups -OCH3 is 1. The van der Waals surface area contributed by atoms with Crippen molar-refractivity contribution in [3.8, 4) is 0 Å². The summed E-state index contributed by atoms with van der Waals surface area (Å²) in [5.74, 6) is -0.00798. The first kappa shape index (κ1) is 17.8. The molecule has 2 heterocycles. The van der Waals surface area contributed by atoms with E-state index < -0.39 is 0 Å². The molecule has 1 fully saturated rings. The van der Waals surface area contributed by atoms with Crippen LogP contribution in [0.2, 0.25) is 0 Å². The highest BCUT2D eigenvalue weighted by Gasteiger charge is 2.35. The lowest BCUT2D eigenvalue weighted by atomic mass is 10.0. The van der Waals surface area contributed by atoms with Gasteiger partial charge in [0.1, 0.15) is 0 Å². The van der Waals surface area contributed by atoms with E-state index in [-0.39, 0.29) is 17.6 Å². The van der Waals surface area contributed by atoms with Crippen LogP contribution in [0, 0.1) is 0 Å². The highest BCUT2D eigenvalue weighted by Crippen LogP contribution is 2.22. The summed E-state index contributed by atoms with van der Waals surface area (Å²) in [5, 5.41) is 0. The van der Waals surface area contributed by atoms with E-state index in [2.05, 4.69) is 4.98 Å². The molecule has 0 spiro atoms. The third kappa shape index (κ3) is 4.99. The topological polar surface area (TPSA) is 54.9 Å². The fourth-order valence-electron chi connectivity index (χ4n) is 2.87. The third-order valence-corrected chi connectivity index (χ3v) is 3.67. The molecule has 1 saturated heterocycles. The molecular formula is C17H27N3O3. The quantitative estimate of drug-likeness (QED) is 0.821. The summed E-state index contributed by atoms with van der Waals surface area (Å²) < 4.78 is 11.1. The first-order valence-electron chi connectivity index (χ1n) is 7.86. The minimum Gasteiger partial charge on any atom is -0.382 e. The predicted octanol–water partition coefficient (Wildman–Crippen LogP) is 1.41. The molecule has 1 atom stereocenters. The van der Waals surface area contributed by atoms with Crippen LogP contribution in [-0.2, 0) is 16.0 Å². The molecule has 1 aromatic heterocycles. The maximum Gasteiger partial charge on any atom is 0.255 e. The largest absolute Gasteiger partial charge is 0.382 e. The number of aromatic nitrogens is 1. The molecule has 0 saturated carbocycles. The maximum atomic E-state index is 12.7. The molecule has 6 heteroatoms. The molecule has 1 unspecified atom stereocenters. The summed E-state index contributed by atoms with van der Waals surface area (Å²) >= 11 is 0. The summed E-state index contributed by atoms with van der Waals surface area (Å²) in [6.07, 6.45) is 1.56. The average molecular weight is 321 g/mol. The van der Waals surface area contributed by atoms with E-state index in [4.69, 9.17) is 9.47 Å². The van der Waals surface area contributed by atoms with Crippen molar-refractivity contribution >= 4 is 5.91 Å². The molecular weight excluding hydrogens is 294 g/mol. The molecule has 128 valence electrons. The fraction of sp³-hybridized carbons (Fsp3) is 0.647. The van der Waals surface area contributed by atoms with Gasteiger partial charge in [0, 0.05) is 32.9 Å². The lowest BCUT2D eigenvalue weighted by molar-refractivity contribution is -0.143. The zero-order chi connectivity index (χ0) is 17.0. The summed E-state index contributed by atoms with van der Waals surface area (Å²) in [7, 11) is 5.63. The Morgan fingerprint density at radius 1 is 1.48 bits per heavy atom. The summed E-state index contributed by atoms with van der Waals surface area (Å²) in [6.45, 7) is 6.32. The van der Waals surface area contributed by atoms with E-state index in [0.717, 1.165) is 12.2 Å². The van der Waals surface area contributed by atoms with E-state index in [0.29, 0.717) is 25.3 Å². The second-order valence-corrected chi connectivity index (χ2v) is 6.92. The SMILES string of the molecule is COCC1CN(C(=O)c2ccc(CN(C)C)nc2)CC(C)(C)O1. The Kier molecular flexibility index (Phi) is 5.73. The van der Waals surface area contributed by atoms with Crippen LogP contribution >= 0.6 is 0 Å². The van der Waals surface area contributed by atoms with Crippen molar-refractivity contribution in [2.45, 2.75) is 32.1 Å². The lowest BCUT2D eigenvalue weighted by Gasteiger charge is -2.42. The zero-order valence-corrected chi connectivity index (χ0v) is 14.7. The van der Waals surface area contributed by atoms with Gasteiger partial charge in [-0.25, -0.2) is 0 Å². The number of carbonyl (C=O) groups excluding carboxylic acids is 1. The zero-order valence-electron chi connectivity index (χ0n) is 14.7. The van der Waals surface area contributed by atoms with Crippen molar-refractivity contribution in [3.05, 3.63) is 29.6 Å². The Bertz CT molecular complexity index is 528. The number of rotatable bonds is 5. The van der Waals surface area contributed by atoms with Crippen LogP contribution in [0.5, 0.6) is 0 Å². The highest BCUT2D eigenvalue weighted by molar-refractivity contribution is 5.94. The predicted molar refractivity (Wildman–Crippen MR) is 88.4 cm³/mol. The molecule has 2 rings (SSSR count). The van der Waals surface area contributed by atoms with Crippen molar-refractivity contribution in [1.29, 1.82) is 0 Å². The number of morpholine rings is 1. The van der Waals surface area contributed by atoms with Crippen LogP contribution in [0.1, 0.15) is 29.9 Å². The number of nitrogens with zero attached hydrogens (tertiary/aromatic N) is 3. The Morgan fingerprint density at radius 3 is 2.78 bits per heavy atom. The van der Waals surface area contributed by atoms with Gasteiger partial charge in [-0.2, -0.15) is 0 Å². The molecule has 6 nitrogen and oxygen atoms in total. The van der Waals surface area contributed by atoms with Gasteiger partial charge in [0.05, 0.1) is 29.6 Å². The first-order chi connectivity index (χ1) is 10.8. The van der Waals surface area contributed by atoms with Gasteiger partial charge < -0.3 is 19.3 Å². The van der Waals surface area contributed by atoms with E-state index in [1.165, 1.54) is 0 Å². The van der Waals surface area contributed by atoms with Gasteiger partial charge in [0.2, 0.25) is 0 Å². The van der Waals surface area contributed by atoms with Crippen molar-refractivity contribution in [3.63, 3.8) is 0 Å². The molecule has 1 aromatic rings. The number of hydrogen-bond donors (Lipinski definition) is 0. The second kappa shape index (κ2) is 7.38. The summed E-state index contributed by atoms with van der Waals surface area (Å²) in [5.41, 5.74) is 1.18. The standard InChI is InChI=1S/C17H27N3O3/c1-17(2)12-20(10-15(23-17)11-22-5)16(21)13-6-7-14(18-8-13)9-19(3)4/h6-8,15H,9-12H2,1-5H3. The summed E-state index contributed by atoms with van der Waals surface area (Å²) in [6, 6.07) is 3.76. The minimum absolute atomic E-state index is 0.00798. The van der Waals surface area contributed by atoms with Gasteiger partial charge in [0.15, 0.2) is 0 Å². The molecule has 1 aliphatic heterocycles. The van der Waals surface area contributed by atoms with Crippen LogP contribution in [0.15, 0.2) is 18.3 Å². The average Bonchev–Trinajstić information content (AvgIpc) is 2.45. The van der Waals surface area contributed by atoms with Gasteiger partial charge >= 0.3 is 0 Å². The molecule has 1 amide bonds. The van der Waals surface area contributed by atoms with Crippen molar-refractivity contribution in [1.82, 2.24) is 14.8 Å². The van der Waals surface area contributed by atoms with Gasteiger partial charge in [-0.3, -0.25) is 9.78 Å². The van der Waals surface area contributed by atoms with Gasteiger partial charge in [-0.05, 0) is 40.1 Å². The van der Waals surface area contributed by atoms with E-state index >= 15 is 0 Å². The van der Waals surface area contributed by atoms with Crippen LogP contribution in [0.25, 0.3) is 0 Å². The van der Waals surface area contributed by atoms with Gasteiger partial charge in [-0.1, -0.05) is 0 Å². The Balaban J connectivity index is 2.09. The highest BCUT2D eigenvalue weighted by atomic mass is 16.5. The van der Waals surface area contributed by atoms with Crippen molar-refractivity contribution in [2.75, 3.05) is 40.9 Å². The molecule has 23 heavy (non-hydrogen) atoms. The Hall–Kier alpha value is -1.50. The van der Waals surface area contributed by atoms with Crippen LogP contribution in [0.4, 0.5) is 0 Å². The monoisotopic (exact) mass is 321 g/mol. The van der Waals surface area contributed by atoms with Crippen molar-refractivity contribution in [2.24, 2.45) is 0 Å². The Labute approximate surface area is 138 Å². The van der Waals surface area contributed by atoms with Crippen LogP contribution in [-0.4, -0.2) is 73.3 Å². The van der Waals surface area contributed by atoms with E-state index in [9.17, 15) is 4.79 Å². The molecule has 0 bridgehead atoms. The normalized spacial score (nSPS) is 20.8. The summed E-state index contributed by atoms with van der Waals surface area (Å²) in [4.78, 5) is 21.0. The fourth-order valence-corrected chi connectivity index (χ4v) is 2.87. The number of amides is 1. The van der Waals surface area contributed by atoms with Gasteiger partial charge in [0.25, 0.3) is 5.91 Å². The van der Waals surface area contributed by atoms with Gasteiger partial charge in [-0.15, -0.1) is 0 Å². The van der Waals surface area contributed by atoms with Crippen molar-refractivity contribution < 1.29 is 14.3 Å². The lowest BCUT2D eigenvalue weighted by Crippen LogP contribution is -2.55. The van der Waals surface area contributed by atoms with Crippen LogP contribution in [0.3, 0.4) is 0 Å². The molecule has 0 aromatic carbocycles. The number of pyridine rings is 1. The van der Waals surface area contributed by atoms with Crippen LogP contribution < -0.4 is 0 Å². The van der Waals surface area contributed by atoms with E-state index in [1.54, 1.807) is 13.3 Å². The van der Waals surface area contributed by atoms with E-state index in [1.807, 2.05) is 49.9 Å². The molecule has 0 radical (unpaired) electrons. The number of carbonyl (C=O) groups is 1. The number of ether oxygens (including phenoxy) is 2. The second-order valence-electron chi connectivity index (χ2n) is 6.92. The smallest absolute Gasteiger partial charge is 0.255 e. The molecule has 0 aliphatic carbocycles. The Morgan fingerprint density at radius 2 is 2.22 bits per heavy atom. The molecule has 1 aliphatic rings. The first-order valence-corrected chi connectivity index (χ1v) is 7.86.